The number of Topliss-reactive ketones (excluding diaryl/α,β-unsaturated/α-hetero) is 1. The molecule has 1 aliphatic carbocycles. The van der Waals surface area contributed by atoms with Crippen LogP contribution in [0, 0.1) is 5.41 Å². The lowest BCUT2D eigenvalue weighted by molar-refractivity contribution is -0.118. The van der Waals surface area contributed by atoms with Crippen molar-refractivity contribution in [3.8, 4) is 11.5 Å². The van der Waals surface area contributed by atoms with E-state index in [-0.39, 0.29) is 17.8 Å². The minimum absolute atomic E-state index is 0.0753. The highest BCUT2D eigenvalue weighted by molar-refractivity contribution is 6.00. The lowest BCUT2D eigenvalue weighted by atomic mass is 9.73. The van der Waals surface area contributed by atoms with E-state index in [0.29, 0.717) is 48.1 Å². The van der Waals surface area contributed by atoms with Crippen molar-refractivity contribution in [2.45, 2.75) is 45.6 Å². The summed E-state index contributed by atoms with van der Waals surface area (Å²) < 4.78 is 12.9. The number of hydrogen-bond donors (Lipinski definition) is 2. The average molecular weight is 412 g/mol. The third-order valence-corrected chi connectivity index (χ3v) is 5.66. The molecule has 0 fully saturated rings. The van der Waals surface area contributed by atoms with Crippen molar-refractivity contribution in [3.63, 3.8) is 0 Å². The maximum atomic E-state index is 13.3. The van der Waals surface area contributed by atoms with E-state index in [2.05, 4.69) is 29.2 Å². The van der Waals surface area contributed by atoms with E-state index in [1.54, 1.807) is 18.9 Å². The van der Waals surface area contributed by atoms with Crippen LogP contribution in [0.3, 0.4) is 0 Å². The first-order valence-corrected chi connectivity index (χ1v) is 10.2. The monoisotopic (exact) mass is 412 g/mol. The second-order valence-electron chi connectivity index (χ2n) is 8.57. The van der Waals surface area contributed by atoms with Crippen molar-refractivity contribution in [1.29, 1.82) is 0 Å². The lowest BCUT2D eigenvalue weighted by Crippen LogP contribution is -2.36. The van der Waals surface area contributed by atoms with E-state index in [4.69, 9.17) is 9.47 Å². The number of carbonyl (C=O) groups excluding carboxylic acids is 1. The molecule has 0 spiro atoms. The molecule has 4 rings (SSSR count). The Morgan fingerprint density at radius 3 is 2.77 bits per heavy atom. The summed E-state index contributed by atoms with van der Waals surface area (Å²) in [6.45, 7) is 4.28. The number of nitrogens with zero attached hydrogens (tertiary/aromatic N) is 3. The van der Waals surface area contributed by atoms with Gasteiger partial charge in [-0.15, -0.1) is 0 Å². The summed E-state index contributed by atoms with van der Waals surface area (Å²) in [7, 11) is 3.19. The molecule has 1 atom stereocenters. The Morgan fingerprint density at radius 1 is 1.27 bits per heavy atom. The van der Waals surface area contributed by atoms with Crippen LogP contribution in [0.1, 0.15) is 50.5 Å². The molecule has 30 heavy (non-hydrogen) atoms. The minimum Gasteiger partial charge on any atom is -0.493 e. The summed E-state index contributed by atoms with van der Waals surface area (Å²) in [5.41, 5.74) is 2.26. The van der Waals surface area contributed by atoms with Gasteiger partial charge in [-0.05, 0) is 24.3 Å². The molecule has 8 nitrogen and oxygen atoms in total. The fourth-order valence-corrected chi connectivity index (χ4v) is 4.41. The van der Waals surface area contributed by atoms with Gasteiger partial charge in [0.2, 0.25) is 5.95 Å². The van der Waals surface area contributed by atoms with Gasteiger partial charge in [0.25, 0.3) is 0 Å². The molecule has 1 aliphatic heterocycles. The number of anilines is 1. The largest absolute Gasteiger partial charge is 0.493 e. The van der Waals surface area contributed by atoms with E-state index in [1.807, 2.05) is 18.2 Å². The number of aryl methyl sites for hydroxylation is 1. The standard InChI is InChI=1S/C22H28N4O4/c1-22(2)11-14-18(15(28)12-22)19(13-7-5-8-16(29-3)20(13)30-4)26-21(23-14)24-17(25-26)9-6-10-27/h5,7-8,19,27H,6,9-12H2,1-4H3,(H,23,24,25). The predicted octanol–water partition coefficient (Wildman–Crippen LogP) is 2.88. The summed E-state index contributed by atoms with van der Waals surface area (Å²) in [5.74, 6) is 2.50. The van der Waals surface area contributed by atoms with Crippen molar-refractivity contribution >= 4 is 11.7 Å². The van der Waals surface area contributed by atoms with Crippen molar-refractivity contribution < 1.29 is 19.4 Å². The zero-order chi connectivity index (χ0) is 21.5. The SMILES string of the molecule is COc1cccc(C2C3=C(CC(C)(C)CC3=O)Nc3nc(CCCO)nn32)c1OC. The van der Waals surface area contributed by atoms with E-state index < -0.39 is 6.04 Å². The number of aromatic nitrogens is 3. The van der Waals surface area contributed by atoms with E-state index in [0.717, 1.165) is 17.7 Å². The number of fused-ring (bicyclic) bond motifs is 1. The van der Waals surface area contributed by atoms with Crippen LogP contribution in [0.5, 0.6) is 11.5 Å². The number of hydrogen-bond acceptors (Lipinski definition) is 7. The molecule has 1 aromatic carbocycles. The Balaban J connectivity index is 1.91. The fourth-order valence-electron chi connectivity index (χ4n) is 4.41. The van der Waals surface area contributed by atoms with Crippen molar-refractivity contribution in [1.82, 2.24) is 14.8 Å². The van der Waals surface area contributed by atoms with Crippen LogP contribution < -0.4 is 14.8 Å². The van der Waals surface area contributed by atoms with Crippen LogP contribution in [-0.4, -0.2) is 46.5 Å². The van der Waals surface area contributed by atoms with Crippen molar-refractivity contribution in [2.24, 2.45) is 5.41 Å². The van der Waals surface area contributed by atoms with Gasteiger partial charge in [-0.3, -0.25) is 4.79 Å². The minimum atomic E-state index is -0.458. The second kappa shape index (κ2) is 7.75. The topological polar surface area (TPSA) is 98.5 Å². The molecule has 1 aromatic heterocycles. The number of carbonyl (C=O) groups is 1. The number of allylic oxidation sites excluding steroid dienone is 2. The maximum Gasteiger partial charge on any atom is 0.226 e. The van der Waals surface area contributed by atoms with Crippen LogP contribution in [0.15, 0.2) is 29.5 Å². The number of para-hydroxylation sites is 1. The van der Waals surface area contributed by atoms with Gasteiger partial charge in [0.1, 0.15) is 6.04 Å². The first-order chi connectivity index (χ1) is 14.4. The van der Waals surface area contributed by atoms with Gasteiger partial charge >= 0.3 is 0 Å². The Bertz CT molecular complexity index is 1010. The summed E-state index contributed by atoms with van der Waals surface area (Å²) >= 11 is 0. The van der Waals surface area contributed by atoms with Crippen molar-refractivity contribution in [2.75, 3.05) is 26.1 Å². The van der Waals surface area contributed by atoms with E-state index in [9.17, 15) is 9.90 Å². The zero-order valence-corrected chi connectivity index (χ0v) is 17.9. The molecule has 2 N–H and O–H groups in total. The van der Waals surface area contributed by atoms with Gasteiger partial charge in [-0.1, -0.05) is 26.0 Å². The Kier molecular flexibility index (Phi) is 5.27. The van der Waals surface area contributed by atoms with Gasteiger partial charge < -0.3 is 19.9 Å². The summed E-state index contributed by atoms with van der Waals surface area (Å²) in [6, 6.07) is 5.20. The van der Waals surface area contributed by atoms with Crippen LogP contribution in [0.25, 0.3) is 0 Å². The molecule has 0 radical (unpaired) electrons. The highest BCUT2D eigenvalue weighted by Crippen LogP contribution is 2.48. The Labute approximate surface area is 175 Å². The lowest BCUT2D eigenvalue weighted by Gasteiger charge is -2.38. The quantitative estimate of drug-likeness (QED) is 0.753. The molecule has 0 bridgehead atoms. The molecular weight excluding hydrogens is 384 g/mol. The molecule has 2 aromatic rings. The third-order valence-electron chi connectivity index (χ3n) is 5.66. The molecule has 0 saturated carbocycles. The number of nitrogens with one attached hydrogen (secondary N) is 1. The molecule has 0 amide bonds. The first kappa shape index (κ1) is 20.4. The molecule has 2 heterocycles. The average Bonchev–Trinajstić information content (AvgIpc) is 3.11. The smallest absolute Gasteiger partial charge is 0.226 e. The molecule has 0 saturated heterocycles. The predicted molar refractivity (Wildman–Crippen MR) is 112 cm³/mol. The third kappa shape index (κ3) is 3.45. The highest BCUT2D eigenvalue weighted by Gasteiger charge is 2.43. The summed E-state index contributed by atoms with van der Waals surface area (Å²) in [4.78, 5) is 17.9. The fraction of sp³-hybridized carbons (Fsp3) is 0.500. The number of rotatable bonds is 6. The van der Waals surface area contributed by atoms with Gasteiger partial charge in [-0.25, -0.2) is 4.68 Å². The van der Waals surface area contributed by atoms with Gasteiger partial charge in [0.15, 0.2) is 23.1 Å². The first-order valence-electron chi connectivity index (χ1n) is 10.2. The number of benzene rings is 1. The van der Waals surface area contributed by atoms with Crippen LogP contribution in [0.2, 0.25) is 0 Å². The van der Waals surface area contributed by atoms with Crippen molar-refractivity contribution in [3.05, 3.63) is 40.9 Å². The molecule has 1 unspecified atom stereocenters. The number of ether oxygens (including phenoxy) is 2. The van der Waals surface area contributed by atoms with Gasteiger partial charge in [-0.2, -0.15) is 10.1 Å². The van der Waals surface area contributed by atoms with Gasteiger partial charge in [0.05, 0.1) is 14.2 Å². The number of aliphatic hydroxyl groups excluding tert-OH is 1. The van der Waals surface area contributed by atoms with E-state index in [1.165, 1.54) is 0 Å². The summed E-state index contributed by atoms with van der Waals surface area (Å²) in [6.07, 6.45) is 2.35. The highest BCUT2D eigenvalue weighted by atomic mass is 16.5. The van der Waals surface area contributed by atoms with Crippen LogP contribution in [-0.2, 0) is 11.2 Å². The van der Waals surface area contributed by atoms with E-state index >= 15 is 0 Å². The van der Waals surface area contributed by atoms with Crippen LogP contribution in [0.4, 0.5) is 5.95 Å². The number of methoxy groups -OCH3 is 2. The normalized spacial score (nSPS) is 19.8. The molecule has 160 valence electrons. The molecular formula is C22H28N4O4. The Morgan fingerprint density at radius 2 is 2.07 bits per heavy atom. The Hall–Kier alpha value is -2.87. The second-order valence-corrected chi connectivity index (χ2v) is 8.57. The molecule has 8 heteroatoms. The summed E-state index contributed by atoms with van der Waals surface area (Å²) in [5, 5.41) is 17.2. The number of aliphatic hydroxyl groups is 1. The van der Waals surface area contributed by atoms with Gasteiger partial charge in [0, 0.05) is 36.3 Å². The zero-order valence-electron chi connectivity index (χ0n) is 17.9. The number of ketones is 1. The maximum absolute atomic E-state index is 13.3. The van der Waals surface area contributed by atoms with Crippen LogP contribution >= 0.6 is 0 Å². The molecule has 2 aliphatic rings.